The van der Waals surface area contributed by atoms with Gasteiger partial charge in [0.15, 0.2) is 0 Å². The first-order valence-electron chi connectivity index (χ1n) is 7.89. The number of rotatable bonds is 3. The van der Waals surface area contributed by atoms with Gasteiger partial charge in [0.25, 0.3) is 0 Å². The molecule has 0 spiro atoms. The Morgan fingerprint density at radius 1 is 0.545 bits per heavy atom. The number of hydrogen-bond acceptors (Lipinski definition) is 2. The Morgan fingerprint density at radius 3 is 1.00 bits per heavy atom. The van der Waals surface area contributed by atoms with E-state index in [1.165, 1.54) is 44.5 Å². The Hall–Kier alpha value is -1.64. The molecule has 0 saturated carbocycles. The van der Waals surface area contributed by atoms with E-state index in [4.69, 9.17) is 11.5 Å². The van der Waals surface area contributed by atoms with Crippen molar-refractivity contribution in [2.45, 2.75) is 53.6 Å². The third-order valence-corrected chi connectivity index (χ3v) is 4.53. The summed E-state index contributed by atoms with van der Waals surface area (Å²) in [6.45, 7) is 12.7. The van der Waals surface area contributed by atoms with Crippen molar-refractivity contribution in [3.63, 3.8) is 0 Å². The van der Waals surface area contributed by atoms with Crippen LogP contribution in [0.15, 0.2) is 24.3 Å². The number of nitrogens with two attached hydrogens (primary N) is 2. The predicted molar refractivity (Wildman–Crippen MR) is 95.2 cm³/mol. The molecule has 2 atom stereocenters. The zero-order chi connectivity index (χ0) is 16.6. The third kappa shape index (κ3) is 3.08. The fraction of sp³-hybridized carbons (Fsp3) is 0.400. The van der Waals surface area contributed by atoms with Crippen molar-refractivity contribution in [1.82, 2.24) is 0 Å². The van der Waals surface area contributed by atoms with Crippen molar-refractivity contribution in [2.75, 3.05) is 0 Å². The lowest BCUT2D eigenvalue weighted by Gasteiger charge is -2.27. The van der Waals surface area contributed by atoms with E-state index < -0.39 is 0 Å². The van der Waals surface area contributed by atoms with E-state index in [2.05, 4.69) is 65.8 Å². The van der Waals surface area contributed by atoms with Gasteiger partial charge in [-0.3, -0.25) is 0 Å². The summed E-state index contributed by atoms with van der Waals surface area (Å²) in [5.74, 6) is 0. The number of hydrogen-bond donors (Lipinski definition) is 2. The maximum Gasteiger partial charge on any atom is 0.0496 e. The number of benzene rings is 2. The molecule has 4 N–H and O–H groups in total. The molecule has 0 aliphatic carbocycles. The summed E-state index contributed by atoms with van der Waals surface area (Å²) >= 11 is 0. The minimum Gasteiger partial charge on any atom is -0.322 e. The molecule has 1 unspecified atom stereocenters. The van der Waals surface area contributed by atoms with Gasteiger partial charge in [0.2, 0.25) is 0 Å². The average molecular weight is 296 g/mol. The molecule has 0 amide bonds. The summed E-state index contributed by atoms with van der Waals surface area (Å²) in [5, 5.41) is 0. The van der Waals surface area contributed by atoms with Crippen molar-refractivity contribution in [3.8, 4) is 0 Å². The van der Waals surface area contributed by atoms with Crippen molar-refractivity contribution >= 4 is 0 Å². The summed E-state index contributed by atoms with van der Waals surface area (Å²) in [6.07, 6.45) is 0. The maximum atomic E-state index is 6.57. The van der Waals surface area contributed by atoms with Gasteiger partial charge >= 0.3 is 0 Å². The minimum absolute atomic E-state index is 0.194. The Bertz CT molecular complexity index is 593. The largest absolute Gasteiger partial charge is 0.322 e. The van der Waals surface area contributed by atoms with Crippen LogP contribution in [0.1, 0.15) is 56.6 Å². The van der Waals surface area contributed by atoms with Gasteiger partial charge < -0.3 is 11.5 Å². The van der Waals surface area contributed by atoms with Gasteiger partial charge in [0, 0.05) is 12.1 Å². The lowest BCUT2D eigenvalue weighted by atomic mass is 9.85. The SMILES string of the molecule is Cc1cc(C)c(C(N)[C@H](N)c2c(C)cc(C)cc2C)c(C)c1. The van der Waals surface area contributed by atoms with Crippen LogP contribution in [-0.2, 0) is 0 Å². The second-order valence-corrected chi connectivity index (χ2v) is 6.68. The first-order chi connectivity index (χ1) is 10.2. The molecule has 2 rings (SSSR count). The lowest BCUT2D eigenvalue weighted by Crippen LogP contribution is -2.29. The highest BCUT2D eigenvalue weighted by atomic mass is 14.8. The Balaban J connectivity index is 2.49. The van der Waals surface area contributed by atoms with Crippen LogP contribution in [0.4, 0.5) is 0 Å². The molecule has 22 heavy (non-hydrogen) atoms. The predicted octanol–water partition coefficient (Wildman–Crippen LogP) is 4.24. The Kier molecular flexibility index (Phi) is 4.74. The Labute approximate surface area is 134 Å². The summed E-state index contributed by atoms with van der Waals surface area (Å²) < 4.78 is 0. The molecular weight excluding hydrogens is 268 g/mol. The first kappa shape index (κ1) is 16.7. The summed E-state index contributed by atoms with van der Waals surface area (Å²) in [4.78, 5) is 0. The Morgan fingerprint density at radius 2 is 0.773 bits per heavy atom. The fourth-order valence-corrected chi connectivity index (χ4v) is 3.79. The van der Waals surface area contributed by atoms with Crippen LogP contribution in [0.5, 0.6) is 0 Å². The van der Waals surface area contributed by atoms with Crippen LogP contribution in [0, 0.1) is 41.5 Å². The third-order valence-electron chi connectivity index (χ3n) is 4.53. The molecule has 0 radical (unpaired) electrons. The van der Waals surface area contributed by atoms with E-state index >= 15 is 0 Å². The van der Waals surface area contributed by atoms with E-state index in [0.29, 0.717) is 0 Å². The van der Waals surface area contributed by atoms with Crippen LogP contribution >= 0.6 is 0 Å². The molecule has 0 saturated heterocycles. The van der Waals surface area contributed by atoms with Crippen molar-refractivity contribution in [2.24, 2.45) is 11.5 Å². The molecule has 0 heterocycles. The van der Waals surface area contributed by atoms with Crippen LogP contribution < -0.4 is 11.5 Å². The van der Waals surface area contributed by atoms with E-state index in [1.807, 2.05) is 0 Å². The van der Waals surface area contributed by atoms with Gasteiger partial charge in [0.05, 0.1) is 0 Å². The van der Waals surface area contributed by atoms with Crippen LogP contribution in [-0.4, -0.2) is 0 Å². The van der Waals surface area contributed by atoms with E-state index in [1.54, 1.807) is 0 Å². The second kappa shape index (κ2) is 6.23. The van der Waals surface area contributed by atoms with Gasteiger partial charge in [0.1, 0.15) is 0 Å². The van der Waals surface area contributed by atoms with E-state index in [9.17, 15) is 0 Å². The quantitative estimate of drug-likeness (QED) is 0.890. The van der Waals surface area contributed by atoms with Gasteiger partial charge in [-0.2, -0.15) is 0 Å². The summed E-state index contributed by atoms with van der Waals surface area (Å²) in [6, 6.07) is 8.35. The molecule has 0 aromatic heterocycles. The molecule has 2 heteroatoms. The van der Waals surface area contributed by atoms with Crippen molar-refractivity contribution in [3.05, 3.63) is 68.8 Å². The molecule has 2 aromatic carbocycles. The molecule has 2 aromatic rings. The smallest absolute Gasteiger partial charge is 0.0496 e. The monoisotopic (exact) mass is 296 g/mol. The molecule has 0 aliphatic heterocycles. The summed E-state index contributed by atoms with van der Waals surface area (Å²) in [5.41, 5.74) is 22.9. The second-order valence-electron chi connectivity index (χ2n) is 6.68. The molecule has 118 valence electrons. The maximum absolute atomic E-state index is 6.57. The van der Waals surface area contributed by atoms with E-state index in [-0.39, 0.29) is 12.1 Å². The molecular formula is C20H28N2. The topological polar surface area (TPSA) is 52.0 Å². The molecule has 0 fully saturated rings. The highest BCUT2D eigenvalue weighted by Gasteiger charge is 2.23. The highest BCUT2D eigenvalue weighted by Crippen LogP contribution is 2.33. The fourth-order valence-electron chi connectivity index (χ4n) is 3.79. The zero-order valence-electron chi connectivity index (χ0n) is 14.6. The van der Waals surface area contributed by atoms with Gasteiger partial charge in [-0.1, -0.05) is 35.4 Å². The van der Waals surface area contributed by atoms with Crippen LogP contribution in [0.2, 0.25) is 0 Å². The minimum atomic E-state index is -0.194. The van der Waals surface area contributed by atoms with Gasteiger partial charge in [-0.05, 0) is 74.9 Å². The zero-order valence-corrected chi connectivity index (χ0v) is 14.6. The standard InChI is InChI=1S/C20H28N2/c1-11-7-13(3)17(14(4)8-11)19(21)20(22)18-15(5)9-12(2)10-16(18)6/h7-10,19-20H,21-22H2,1-6H3/t19-,20?/m1/s1. The van der Waals surface area contributed by atoms with Crippen LogP contribution in [0.25, 0.3) is 0 Å². The number of aryl methyl sites for hydroxylation is 6. The molecule has 2 nitrogen and oxygen atoms in total. The van der Waals surface area contributed by atoms with Gasteiger partial charge in [-0.15, -0.1) is 0 Å². The van der Waals surface area contributed by atoms with Crippen molar-refractivity contribution in [1.29, 1.82) is 0 Å². The average Bonchev–Trinajstić information content (AvgIpc) is 2.35. The summed E-state index contributed by atoms with van der Waals surface area (Å²) in [7, 11) is 0. The highest BCUT2D eigenvalue weighted by molar-refractivity contribution is 5.45. The van der Waals surface area contributed by atoms with Gasteiger partial charge in [-0.25, -0.2) is 0 Å². The van der Waals surface area contributed by atoms with Crippen LogP contribution in [0.3, 0.4) is 0 Å². The normalized spacial score (nSPS) is 14.0. The molecule has 0 bridgehead atoms. The first-order valence-corrected chi connectivity index (χ1v) is 7.89. The molecule has 0 aliphatic rings. The van der Waals surface area contributed by atoms with Crippen molar-refractivity contribution < 1.29 is 0 Å². The lowest BCUT2D eigenvalue weighted by molar-refractivity contribution is 0.563. The van der Waals surface area contributed by atoms with E-state index in [0.717, 1.165) is 0 Å².